The van der Waals surface area contributed by atoms with E-state index < -0.39 is 29.1 Å². The first-order valence-electron chi connectivity index (χ1n) is 9.11. The number of aromatic nitrogens is 1. The van der Waals surface area contributed by atoms with E-state index in [1.54, 1.807) is 6.92 Å². The average molecular weight is 424 g/mol. The Morgan fingerprint density at radius 2 is 1.73 bits per heavy atom. The van der Waals surface area contributed by atoms with Crippen molar-refractivity contribution in [3.63, 3.8) is 0 Å². The maximum absolute atomic E-state index is 13.1. The highest BCUT2D eigenvalue weighted by molar-refractivity contribution is 5.96. The third kappa shape index (κ3) is 4.78. The fourth-order valence-corrected chi connectivity index (χ4v) is 3.08. The maximum atomic E-state index is 13.1. The van der Waals surface area contributed by atoms with Crippen molar-refractivity contribution in [2.75, 3.05) is 32.7 Å². The van der Waals surface area contributed by atoms with Crippen molar-refractivity contribution in [1.29, 1.82) is 0 Å². The van der Waals surface area contributed by atoms with Crippen LogP contribution in [0.4, 0.5) is 13.2 Å². The Hall–Kier alpha value is -3.37. The van der Waals surface area contributed by atoms with Crippen LogP contribution in [0.25, 0.3) is 0 Å². The summed E-state index contributed by atoms with van der Waals surface area (Å²) in [5, 5.41) is 5.99. The molecule has 3 rings (SSSR count). The van der Waals surface area contributed by atoms with Gasteiger partial charge in [-0.15, -0.1) is 0 Å². The molecular formula is C19H19F3N4O4. The molecule has 0 aliphatic carbocycles. The lowest BCUT2D eigenvalue weighted by Crippen LogP contribution is -2.52. The predicted molar refractivity (Wildman–Crippen MR) is 97.5 cm³/mol. The van der Waals surface area contributed by atoms with E-state index in [9.17, 15) is 27.6 Å². The van der Waals surface area contributed by atoms with E-state index in [-0.39, 0.29) is 44.3 Å². The molecule has 1 saturated heterocycles. The molecule has 160 valence electrons. The van der Waals surface area contributed by atoms with Gasteiger partial charge in [0.2, 0.25) is 5.91 Å². The van der Waals surface area contributed by atoms with Crippen LogP contribution in [0.5, 0.6) is 0 Å². The molecule has 8 nitrogen and oxygen atoms in total. The quantitative estimate of drug-likeness (QED) is 0.807. The standard InChI is InChI=1S/C19H19F3N4O4/c1-12-10-15(24-30-12)17(28)23-11-16(27)25-6-8-26(9-7-25)18(29)13-4-2-3-5-14(13)19(20,21)22/h2-5,10H,6-9,11H2,1H3,(H,23,28). The number of hydrogen-bond donors (Lipinski definition) is 1. The summed E-state index contributed by atoms with van der Waals surface area (Å²) in [7, 11) is 0. The maximum Gasteiger partial charge on any atom is 0.417 e. The van der Waals surface area contributed by atoms with Gasteiger partial charge in [-0.05, 0) is 19.1 Å². The molecule has 0 spiro atoms. The van der Waals surface area contributed by atoms with Gasteiger partial charge in [-0.1, -0.05) is 17.3 Å². The van der Waals surface area contributed by atoms with Gasteiger partial charge in [0.15, 0.2) is 5.69 Å². The zero-order chi connectivity index (χ0) is 21.9. The Bertz CT molecular complexity index is 949. The molecule has 0 atom stereocenters. The van der Waals surface area contributed by atoms with E-state index in [0.717, 1.165) is 12.1 Å². The summed E-state index contributed by atoms with van der Waals surface area (Å²) in [4.78, 5) is 39.5. The molecule has 1 fully saturated rings. The first kappa shape index (κ1) is 21.3. The first-order chi connectivity index (χ1) is 14.2. The minimum Gasteiger partial charge on any atom is -0.361 e. The number of carbonyl (C=O) groups is 3. The summed E-state index contributed by atoms with van der Waals surface area (Å²) >= 11 is 0. The number of alkyl halides is 3. The fourth-order valence-electron chi connectivity index (χ4n) is 3.08. The van der Waals surface area contributed by atoms with Crippen molar-refractivity contribution in [3.8, 4) is 0 Å². The topological polar surface area (TPSA) is 95.8 Å². The van der Waals surface area contributed by atoms with Crippen LogP contribution >= 0.6 is 0 Å². The van der Waals surface area contributed by atoms with Crippen LogP contribution in [0.2, 0.25) is 0 Å². The summed E-state index contributed by atoms with van der Waals surface area (Å²) in [5.41, 5.74) is -1.35. The number of aryl methyl sites for hydroxylation is 1. The molecular weight excluding hydrogens is 405 g/mol. The van der Waals surface area contributed by atoms with Gasteiger partial charge in [0, 0.05) is 32.2 Å². The number of nitrogens with one attached hydrogen (secondary N) is 1. The highest BCUT2D eigenvalue weighted by atomic mass is 19.4. The summed E-state index contributed by atoms with van der Waals surface area (Å²) in [5.74, 6) is -1.20. The van der Waals surface area contributed by atoms with E-state index in [0.29, 0.717) is 5.76 Å². The Kier molecular flexibility index (Phi) is 6.09. The van der Waals surface area contributed by atoms with Gasteiger partial charge in [-0.25, -0.2) is 0 Å². The van der Waals surface area contributed by atoms with Crippen LogP contribution in [-0.2, 0) is 11.0 Å². The monoisotopic (exact) mass is 424 g/mol. The number of nitrogens with zero attached hydrogens (tertiary/aromatic N) is 3. The molecule has 11 heteroatoms. The molecule has 0 unspecified atom stereocenters. The van der Waals surface area contributed by atoms with Crippen LogP contribution in [0.3, 0.4) is 0 Å². The summed E-state index contributed by atoms with van der Waals surface area (Å²) in [6.45, 7) is 1.84. The highest BCUT2D eigenvalue weighted by Gasteiger charge is 2.36. The number of piperazine rings is 1. The van der Waals surface area contributed by atoms with E-state index in [2.05, 4.69) is 10.5 Å². The van der Waals surface area contributed by atoms with Crippen LogP contribution < -0.4 is 5.32 Å². The molecule has 2 heterocycles. The van der Waals surface area contributed by atoms with Gasteiger partial charge < -0.3 is 19.6 Å². The van der Waals surface area contributed by atoms with Crippen LogP contribution in [0, 0.1) is 6.92 Å². The zero-order valence-corrected chi connectivity index (χ0v) is 16.0. The molecule has 0 bridgehead atoms. The van der Waals surface area contributed by atoms with E-state index >= 15 is 0 Å². The Labute approximate surface area is 169 Å². The van der Waals surface area contributed by atoms with Crippen LogP contribution in [-0.4, -0.2) is 65.4 Å². The van der Waals surface area contributed by atoms with Crippen LogP contribution in [0.15, 0.2) is 34.9 Å². The Balaban J connectivity index is 1.54. The second-order valence-electron chi connectivity index (χ2n) is 6.72. The molecule has 30 heavy (non-hydrogen) atoms. The molecule has 1 aromatic heterocycles. The van der Waals surface area contributed by atoms with Crippen molar-refractivity contribution in [1.82, 2.24) is 20.3 Å². The van der Waals surface area contributed by atoms with Crippen molar-refractivity contribution in [3.05, 3.63) is 52.9 Å². The summed E-state index contributed by atoms with van der Waals surface area (Å²) in [6, 6.07) is 6.05. The van der Waals surface area contributed by atoms with Gasteiger partial charge in [0.1, 0.15) is 5.76 Å². The van der Waals surface area contributed by atoms with E-state index in [4.69, 9.17) is 4.52 Å². The lowest BCUT2D eigenvalue weighted by molar-refractivity contribution is -0.138. The van der Waals surface area contributed by atoms with Gasteiger partial charge >= 0.3 is 6.18 Å². The molecule has 0 saturated carbocycles. The van der Waals surface area contributed by atoms with Crippen LogP contribution in [0.1, 0.15) is 32.2 Å². The van der Waals surface area contributed by atoms with Crippen molar-refractivity contribution in [2.45, 2.75) is 13.1 Å². The second kappa shape index (κ2) is 8.56. The molecule has 0 radical (unpaired) electrons. The molecule has 1 aromatic carbocycles. The largest absolute Gasteiger partial charge is 0.417 e. The number of benzene rings is 1. The smallest absolute Gasteiger partial charge is 0.361 e. The van der Waals surface area contributed by atoms with E-state index in [1.807, 2.05) is 0 Å². The molecule has 2 aromatic rings. The third-order valence-corrected chi connectivity index (χ3v) is 4.64. The normalized spacial score (nSPS) is 14.5. The summed E-state index contributed by atoms with van der Waals surface area (Å²) in [6.07, 6.45) is -4.63. The van der Waals surface area contributed by atoms with Crippen molar-refractivity contribution < 1.29 is 32.1 Å². The van der Waals surface area contributed by atoms with Gasteiger partial charge in [-0.3, -0.25) is 14.4 Å². The van der Waals surface area contributed by atoms with Crippen molar-refractivity contribution >= 4 is 17.7 Å². The second-order valence-corrected chi connectivity index (χ2v) is 6.72. The third-order valence-electron chi connectivity index (χ3n) is 4.64. The lowest BCUT2D eigenvalue weighted by Gasteiger charge is -2.35. The lowest BCUT2D eigenvalue weighted by atomic mass is 10.1. The Morgan fingerprint density at radius 3 is 2.33 bits per heavy atom. The molecule has 1 aliphatic rings. The Morgan fingerprint density at radius 1 is 1.10 bits per heavy atom. The fraction of sp³-hybridized carbons (Fsp3) is 0.368. The number of amides is 3. The predicted octanol–water partition coefficient (Wildman–Crippen LogP) is 1.72. The molecule has 3 amide bonds. The first-order valence-corrected chi connectivity index (χ1v) is 9.11. The van der Waals surface area contributed by atoms with Gasteiger partial charge in [0.25, 0.3) is 11.8 Å². The molecule has 1 N–H and O–H groups in total. The minimum absolute atomic E-state index is 0.0547. The van der Waals surface area contributed by atoms with Gasteiger partial charge in [0.05, 0.1) is 17.7 Å². The van der Waals surface area contributed by atoms with Gasteiger partial charge in [-0.2, -0.15) is 13.2 Å². The zero-order valence-electron chi connectivity index (χ0n) is 16.0. The molecule has 1 aliphatic heterocycles. The van der Waals surface area contributed by atoms with Crippen molar-refractivity contribution in [2.24, 2.45) is 0 Å². The number of hydrogen-bond acceptors (Lipinski definition) is 5. The average Bonchev–Trinajstić information content (AvgIpc) is 3.17. The minimum atomic E-state index is -4.63. The number of rotatable bonds is 4. The number of halogens is 3. The summed E-state index contributed by atoms with van der Waals surface area (Å²) < 4.78 is 44.2. The number of carbonyl (C=O) groups excluding carboxylic acids is 3. The van der Waals surface area contributed by atoms with E-state index in [1.165, 1.54) is 28.0 Å². The SMILES string of the molecule is Cc1cc(C(=O)NCC(=O)N2CCN(C(=O)c3ccccc3C(F)(F)F)CC2)no1. The highest BCUT2D eigenvalue weighted by Crippen LogP contribution is 2.32.